The van der Waals surface area contributed by atoms with Crippen LogP contribution in [-0.4, -0.2) is 28.6 Å². The highest BCUT2D eigenvalue weighted by atomic mass is 32.1. The van der Waals surface area contributed by atoms with Gasteiger partial charge in [0, 0.05) is 12.6 Å². The number of aromatic nitrogens is 1. The monoisotopic (exact) mass is 320 g/mol. The van der Waals surface area contributed by atoms with Gasteiger partial charge in [-0.2, -0.15) is 0 Å². The van der Waals surface area contributed by atoms with Crippen molar-refractivity contribution in [2.45, 2.75) is 38.6 Å². The molecule has 2 heterocycles. The largest absolute Gasteiger partial charge is 0.440 e. The number of thiophene rings is 1. The zero-order valence-corrected chi connectivity index (χ0v) is 13.4. The molecule has 0 spiro atoms. The summed E-state index contributed by atoms with van der Waals surface area (Å²) in [5.74, 6) is 1.73. The Morgan fingerprint density at radius 1 is 1.59 bits per heavy atom. The SMILES string of the molecule is Cc1oc(-c2cccs2)nc1CC(=O)NC(CCO)C1CC1. The predicted molar refractivity (Wildman–Crippen MR) is 84.6 cm³/mol. The standard InChI is InChI=1S/C16H20N2O3S/c1-10-13(18-16(21-10)14-3-2-8-22-14)9-15(20)17-12(6-7-19)11-4-5-11/h2-3,8,11-12,19H,4-7,9H2,1H3,(H,17,20). The van der Waals surface area contributed by atoms with E-state index in [2.05, 4.69) is 10.3 Å². The van der Waals surface area contributed by atoms with Crippen LogP contribution in [0.5, 0.6) is 0 Å². The number of hydrogen-bond donors (Lipinski definition) is 2. The third-order valence-electron chi connectivity index (χ3n) is 3.93. The molecule has 1 fully saturated rings. The van der Waals surface area contributed by atoms with Gasteiger partial charge in [0.15, 0.2) is 0 Å². The lowest BCUT2D eigenvalue weighted by Crippen LogP contribution is -2.38. The summed E-state index contributed by atoms with van der Waals surface area (Å²) in [5.41, 5.74) is 0.680. The van der Waals surface area contributed by atoms with Crippen LogP contribution in [-0.2, 0) is 11.2 Å². The second-order valence-corrected chi connectivity index (χ2v) is 6.65. The van der Waals surface area contributed by atoms with Gasteiger partial charge in [-0.15, -0.1) is 11.3 Å². The van der Waals surface area contributed by atoms with Crippen LogP contribution in [0.4, 0.5) is 0 Å². The van der Waals surface area contributed by atoms with Crippen molar-refractivity contribution in [1.29, 1.82) is 0 Å². The van der Waals surface area contributed by atoms with E-state index in [1.165, 1.54) is 0 Å². The molecule has 118 valence electrons. The fraction of sp³-hybridized carbons (Fsp3) is 0.500. The highest BCUT2D eigenvalue weighted by Crippen LogP contribution is 2.34. The molecule has 0 aliphatic heterocycles. The van der Waals surface area contributed by atoms with E-state index in [9.17, 15) is 4.79 Å². The zero-order chi connectivity index (χ0) is 15.5. The number of carbonyl (C=O) groups excluding carboxylic acids is 1. The molecule has 0 bridgehead atoms. The lowest BCUT2D eigenvalue weighted by Gasteiger charge is -2.16. The number of amides is 1. The fourth-order valence-electron chi connectivity index (χ4n) is 2.57. The Morgan fingerprint density at radius 2 is 2.41 bits per heavy atom. The van der Waals surface area contributed by atoms with E-state index < -0.39 is 0 Å². The van der Waals surface area contributed by atoms with Gasteiger partial charge in [0.25, 0.3) is 0 Å². The van der Waals surface area contributed by atoms with Gasteiger partial charge in [0.2, 0.25) is 11.8 Å². The number of rotatable bonds is 7. The highest BCUT2D eigenvalue weighted by Gasteiger charge is 2.32. The van der Waals surface area contributed by atoms with Crippen molar-refractivity contribution >= 4 is 17.2 Å². The molecular weight excluding hydrogens is 300 g/mol. The molecule has 1 amide bonds. The normalized spacial score (nSPS) is 15.7. The van der Waals surface area contributed by atoms with Crippen molar-refractivity contribution in [2.75, 3.05) is 6.61 Å². The zero-order valence-electron chi connectivity index (χ0n) is 12.5. The number of oxazole rings is 1. The minimum atomic E-state index is -0.0560. The first-order chi connectivity index (χ1) is 10.7. The second-order valence-electron chi connectivity index (χ2n) is 5.70. The number of carbonyl (C=O) groups is 1. The Morgan fingerprint density at radius 3 is 3.05 bits per heavy atom. The number of aliphatic hydroxyl groups excluding tert-OH is 1. The number of aliphatic hydroxyl groups is 1. The first-order valence-electron chi connectivity index (χ1n) is 7.57. The molecule has 0 aromatic carbocycles. The smallest absolute Gasteiger partial charge is 0.236 e. The van der Waals surface area contributed by atoms with Gasteiger partial charge >= 0.3 is 0 Å². The molecule has 2 aromatic rings. The van der Waals surface area contributed by atoms with Crippen LogP contribution in [0.3, 0.4) is 0 Å². The van der Waals surface area contributed by atoms with Crippen LogP contribution >= 0.6 is 11.3 Å². The molecule has 2 N–H and O–H groups in total. The predicted octanol–water partition coefficient (Wildman–Crippen LogP) is 2.53. The van der Waals surface area contributed by atoms with Crippen LogP contribution in [0.2, 0.25) is 0 Å². The molecule has 1 unspecified atom stereocenters. The summed E-state index contributed by atoms with van der Waals surface area (Å²) in [5, 5.41) is 14.1. The minimum Gasteiger partial charge on any atom is -0.440 e. The van der Waals surface area contributed by atoms with Gasteiger partial charge in [-0.05, 0) is 43.6 Å². The first kappa shape index (κ1) is 15.2. The number of nitrogens with zero attached hydrogens (tertiary/aromatic N) is 1. The Bertz CT molecular complexity index is 632. The molecule has 6 heteroatoms. The second kappa shape index (κ2) is 6.62. The number of aryl methyl sites for hydroxylation is 1. The maximum Gasteiger partial charge on any atom is 0.236 e. The molecule has 1 saturated carbocycles. The van der Waals surface area contributed by atoms with Crippen molar-refractivity contribution in [3.8, 4) is 10.8 Å². The van der Waals surface area contributed by atoms with Crippen LogP contribution in [0.15, 0.2) is 21.9 Å². The topological polar surface area (TPSA) is 75.4 Å². The molecule has 0 radical (unpaired) electrons. The van der Waals surface area contributed by atoms with Crippen LogP contribution in [0.1, 0.15) is 30.7 Å². The van der Waals surface area contributed by atoms with Gasteiger partial charge < -0.3 is 14.8 Å². The van der Waals surface area contributed by atoms with E-state index in [4.69, 9.17) is 9.52 Å². The lowest BCUT2D eigenvalue weighted by atomic mass is 10.1. The molecule has 5 nitrogen and oxygen atoms in total. The summed E-state index contributed by atoms with van der Waals surface area (Å²) < 4.78 is 5.65. The Kier molecular flexibility index (Phi) is 4.59. The molecule has 22 heavy (non-hydrogen) atoms. The molecule has 1 aliphatic rings. The van der Waals surface area contributed by atoms with Crippen LogP contribution in [0, 0.1) is 12.8 Å². The van der Waals surface area contributed by atoms with E-state index in [1.54, 1.807) is 11.3 Å². The van der Waals surface area contributed by atoms with Crippen molar-refractivity contribution in [3.05, 3.63) is 29.0 Å². The van der Waals surface area contributed by atoms with Gasteiger partial charge in [-0.1, -0.05) is 6.07 Å². The molecular formula is C16H20N2O3S. The Balaban J connectivity index is 1.63. The van der Waals surface area contributed by atoms with Crippen molar-refractivity contribution in [2.24, 2.45) is 5.92 Å². The maximum absolute atomic E-state index is 12.2. The van der Waals surface area contributed by atoms with E-state index in [-0.39, 0.29) is 25.0 Å². The van der Waals surface area contributed by atoms with E-state index >= 15 is 0 Å². The minimum absolute atomic E-state index is 0.0560. The van der Waals surface area contributed by atoms with Crippen molar-refractivity contribution in [1.82, 2.24) is 10.3 Å². The molecule has 3 rings (SSSR count). The summed E-state index contributed by atoms with van der Waals surface area (Å²) in [6.45, 7) is 1.94. The summed E-state index contributed by atoms with van der Waals surface area (Å²) in [6.07, 6.45) is 3.11. The van der Waals surface area contributed by atoms with Crippen LogP contribution < -0.4 is 5.32 Å². The van der Waals surface area contributed by atoms with E-state index in [1.807, 2.05) is 24.4 Å². The average molecular weight is 320 g/mol. The summed E-state index contributed by atoms with van der Waals surface area (Å²) >= 11 is 1.56. The van der Waals surface area contributed by atoms with Gasteiger partial charge in [0.05, 0.1) is 17.0 Å². The third-order valence-corrected chi connectivity index (χ3v) is 4.79. The van der Waals surface area contributed by atoms with Gasteiger partial charge in [0.1, 0.15) is 5.76 Å². The Labute approximate surface area is 133 Å². The van der Waals surface area contributed by atoms with Crippen molar-refractivity contribution in [3.63, 3.8) is 0 Å². The van der Waals surface area contributed by atoms with E-state index in [0.717, 1.165) is 17.7 Å². The number of hydrogen-bond acceptors (Lipinski definition) is 5. The summed E-state index contributed by atoms with van der Waals surface area (Å²) in [7, 11) is 0. The summed E-state index contributed by atoms with van der Waals surface area (Å²) in [6, 6.07) is 3.98. The summed E-state index contributed by atoms with van der Waals surface area (Å²) in [4.78, 5) is 17.6. The maximum atomic E-state index is 12.2. The molecule has 0 saturated heterocycles. The molecule has 1 atom stereocenters. The van der Waals surface area contributed by atoms with Gasteiger partial charge in [-0.3, -0.25) is 4.79 Å². The first-order valence-corrected chi connectivity index (χ1v) is 8.45. The van der Waals surface area contributed by atoms with E-state index in [0.29, 0.717) is 29.7 Å². The molecule has 1 aliphatic carbocycles. The lowest BCUT2D eigenvalue weighted by molar-refractivity contribution is -0.121. The third kappa shape index (κ3) is 3.56. The van der Waals surface area contributed by atoms with Gasteiger partial charge in [-0.25, -0.2) is 4.98 Å². The number of nitrogens with one attached hydrogen (secondary N) is 1. The van der Waals surface area contributed by atoms with Crippen molar-refractivity contribution < 1.29 is 14.3 Å². The van der Waals surface area contributed by atoms with Crippen LogP contribution in [0.25, 0.3) is 10.8 Å². The molecule has 2 aromatic heterocycles. The average Bonchev–Trinajstić information content (AvgIpc) is 3.06. The fourth-order valence-corrected chi connectivity index (χ4v) is 3.22. The highest BCUT2D eigenvalue weighted by molar-refractivity contribution is 7.13. The quantitative estimate of drug-likeness (QED) is 0.822. The Hall–Kier alpha value is -1.66.